The van der Waals surface area contributed by atoms with Gasteiger partial charge in [-0.25, -0.2) is 0 Å². The molecule has 0 radical (unpaired) electrons. The van der Waals surface area contributed by atoms with Gasteiger partial charge in [-0.3, -0.25) is 0 Å². The number of hydrogen-bond acceptors (Lipinski definition) is 2. The van der Waals surface area contributed by atoms with Gasteiger partial charge in [0.05, 0.1) is 6.61 Å². The average molecular weight is 269 g/mol. The first kappa shape index (κ1) is 14.4. The summed E-state index contributed by atoms with van der Waals surface area (Å²) in [4.78, 5) is 0. The van der Waals surface area contributed by atoms with Crippen molar-refractivity contribution >= 4 is 5.69 Å². The Hall–Kier alpha value is -1.96. The third-order valence-corrected chi connectivity index (χ3v) is 3.02. The lowest BCUT2D eigenvalue weighted by Gasteiger charge is -2.10. The van der Waals surface area contributed by atoms with Crippen molar-refractivity contribution in [3.63, 3.8) is 0 Å². The lowest BCUT2D eigenvalue weighted by molar-refractivity contribution is 0.271. The van der Waals surface area contributed by atoms with Crippen molar-refractivity contribution in [2.75, 3.05) is 11.9 Å². The molecule has 0 aliphatic rings. The third kappa shape index (κ3) is 4.61. The van der Waals surface area contributed by atoms with E-state index in [0.717, 1.165) is 24.6 Å². The van der Waals surface area contributed by atoms with Crippen molar-refractivity contribution in [3.8, 4) is 5.75 Å². The number of nitrogens with one attached hydrogen (secondary N) is 1. The summed E-state index contributed by atoms with van der Waals surface area (Å²) in [5, 5.41) is 3.43. The summed E-state index contributed by atoms with van der Waals surface area (Å²) in [5.74, 6) is 1.50. The molecule has 1 N–H and O–H groups in total. The lowest BCUT2D eigenvalue weighted by atomic mass is 10.2. The van der Waals surface area contributed by atoms with E-state index in [0.29, 0.717) is 5.92 Å². The Labute approximate surface area is 121 Å². The molecule has 0 heterocycles. The molecule has 0 aromatic heterocycles. The number of rotatable bonds is 6. The zero-order valence-corrected chi connectivity index (χ0v) is 12.5. The Morgan fingerprint density at radius 1 is 1.05 bits per heavy atom. The molecule has 2 heteroatoms. The topological polar surface area (TPSA) is 21.3 Å². The molecule has 106 valence electrons. The Kier molecular flexibility index (Phi) is 5.05. The van der Waals surface area contributed by atoms with Gasteiger partial charge in [0, 0.05) is 12.2 Å². The third-order valence-electron chi connectivity index (χ3n) is 3.02. The van der Waals surface area contributed by atoms with Crippen LogP contribution >= 0.6 is 0 Å². The minimum absolute atomic E-state index is 0.553. The van der Waals surface area contributed by atoms with Gasteiger partial charge in [-0.05, 0) is 48.2 Å². The summed E-state index contributed by atoms with van der Waals surface area (Å²) < 4.78 is 5.68. The Balaban J connectivity index is 1.87. The van der Waals surface area contributed by atoms with Crippen LogP contribution in [-0.4, -0.2) is 6.61 Å². The molecular weight excluding hydrogens is 246 g/mol. The minimum Gasteiger partial charge on any atom is -0.493 e. The van der Waals surface area contributed by atoms with E-state index in [4.69, 9.17) is 4.74 Å². The van der Waals surface area contributed by atoms with Gasteiger partial charge in [0.2, 0.25) is 0 Å². The van der Waals surface area contributed by atoms with Crippen molar-refractivity contribution in [2.24, 2.45) is 5.92 Å². The second-order valence-electron chi connectivity index (χ2n) is 5.57. The molecular formula is C18H23NO. The van der Waals surface area contributed by atoms with Crippen LogP contribution in [0.4, 0.5) is 5.69 Å². The van der Waals surface area contributed by atoms with Crippen molar-refractivity contribution in [1.29, 1.82) is 0 Å². The average Bonchev–Trinajstić information content (AvgIpc) is 2.44. The number of aryl methyl sites for hydroxylation is 1. The molecule has 0 unspecified atom stereocenters. The highest BCUT2D eigenvalue weighted by Crippen LogP contribution is 2.15. The second kappa shape index (κ2) is 6.99. The first-order valence-corrected chi connectivity index (χ1v) is 7.16. The Morgan fingerprint density at radius 3 is 2.45 bits per heavy atom. The van der Waals surface area contributed by atoms with E-state index in [1.165, 1.54) is 11.1 Å². The molecule has 0 aliphatic carbocycles. The van der Waals surface area contributed by atoms with Crippen LogP contribution < -0.4 is 10.1 Å². The van der Waals surface area contributed by atoms with Gasteiger partial charge in [0.25, 0.3) is 0 Å². The molecule has 2 aromatic carbocycles. The summed E-state index contributed by atoms with van der Waals surface area (Å²) in [6.45, 7) is 8.00. The van der Waals surface area contributed by atoms with Gasteiger partial charge in [-0.2, -0.15) is 0 Å². The highest BCUT2D eigenvalue weighted by Gasteiger charge is 1.98. The van der Waals surface area contributed by atoms with Crippen LogP contribution in [0.3, 0.4) is 0 Å². The van der Waals surface area contributed by atoms with Gasteiger partial charge >= 0.3 is 0 Å². The predicted molar refractivity (Wildman–Crippen MR) is 85.3 cm³/mol. The fraction of sp³-hybridized carbons (Fsp3) is 0.333. The lowest BCUT2D eigenvalue weighted by Crippen LogP contribution is -2.04. The molecule has 0 saturated heterocycles. The zero-order chi connectivity index (χ0) is 14.4. The van der Waals surface area contributed by atoms with Crippen LogP contribution in [0.15, 0.2) is 48.5 Å². The predicted octanol–water partition coefficient (Wildman–Crippen LogP) is 4.64. The maximum Gasteiger partial charge on any atom is 0.119 e. The molecule has 0 fully saturated rings. The maximum absolute atomic E-state index is 5.68. The summed E-state index contributed by atoms with van der Waals surface area (Å²) >= 11 is 0. The van der Waals surface area contributed by atoms with Crippen LogP contribution in [0.1, 0.15) is 25.0 Å². The molecule has 0 amide bonds. The van der Waals surface area contributed by atoms with Crippen molar-refractivity contribution < 1.29 is 4.74 Å². The molecule has 2 rings (SSSR count). The van der Waals surface area contributed by atoms with Crippen LogP contribution in [0.5, 0.6) is 5.75 Å². The van der Waals surface area contributed by atoms with Crippen molar-refractivity contribution in [3.05, 3.63) is 59.7 Å². The largest absolute Gasteiger partial charge is 0.493 e. The molecule has 2 nitrogen and oxygen atoms in total. The fourth-order valence-electron chi connectivity index (χ4n) is 1.93. The fourth-order valence-corrected chi connectivity index (χ4v) is 1.93. The number of hydrogen-bond donors (Lipinski definition) is 1. The van der Waals surface area contributed by atoms with Crippen LogP contribution in [0.2, 0.25) is 0 Å². The van der Waals surface area contributed by atoms with E-state index in [1.807, 2.05) is 12.1 Å². The van der Waals surface area contributed by atoms with Gasteiger partial charge in [-0.1, -0.05) is 38.1 Å². The summed E-state index contributed by atoms with van der Waals surface area (Å²) in [6.07, 6.45) is 0. The smallest absolute Gasteiger partial charge is 0.119 e. The molecule has 20 heavy (non-hydrogen) atoms. The zero-order valence-electron chi connectivity index (χ0n) is 12.5. The molecule has 0 aliphatic heterocycles. The molecule has 0 spiro atoms. The molecule has 0 atom stereocenters. The van der Waals surface area contributed by atoms with Crippen LogP contribution in [0.25, 0.3) is 0 Å². The van der Waals surface area contributed by atoms with E-state index < -0.39 is 0 Å². The van der Waals surface area contributed by atoms with E-state index in [9.17, 15) is 0 Å². The summed E-state index contributed by atoms with van der Waals surface area (Å²) in [6, 6.07) is 16.7. The van der Waals surface area contributed by atoms with Gasteiger partial charge in [-0.15, -0.1) is 0 Å². The first-order valence-electron chi connectivity index (χ1n) is 7.16. The van der Waals surface area contributed by atoms with Crippen molar-refractivity contribution in [2.45, 2.75) is 27.3 Å². The molecule has 2 aromatic rings. The van der Waals surface area contributed by atoms with Crippen LogP contribution in [-0.2, 0) is 6.54 Å². The Morgan fingerprint density at radius 2 is 1.80 bits per heavy atom. The van der Waals surface area contributed by atoms with Gasteiger partial charge < -0.3 is 10.1 Å². The maximum atomic E-state index is 5.68. The number of anilines is 1. The standard InChI is InChI=1S/C18H23NO/c1-14(2)13-20-18-9-7-16(8-10-18)12-19-17-6-4-5-15(3)11-17/h4-11,14,19H,12-13H2,1-3H3. The SMILES string of the molecule is Cc1cccc(NCc2ccc(OCC(C)C)cc2)c1. The normalized spacial score (nSPS) is 10.6. The van der Waals surface area contributed by atoms with E-state index >= 15 is 0 Å². The summed E-state index contributed by atoms with van der Waals surface area (Å²) in [5.41, 5.74) is 3.68. The van der Waals surface area contributed by atoms with E-state index in [2.05, 4.69) is 62.5 Å². The second-order valence-corrected chi connectivity index (χ2v) is 5.57. The van der Waals surface area contributed by atoms with Gasteiger partial charge in [0.1, 0.15) is 5.75 Å². The Bertz CT molecular complexity index is 531. The monoisotopic (exact) mass is 269 g/mol. The molecule has 0 saturated carbocycles. The molecule has 0 bridgehead atoms. The number of benzene rings is 2. The highest BCUT2D eigenvalue weighted by atomic mass is 16.5. The van der Waals surface area contributed by atoms with E-state index in [-0.39, 0.29) is 0 Å². The van der Waals surface area contributed by atoms with Gasteiger partial charge in [0.15, 0.2) is 0 Å². The van der Waals surface area contributed by atoms with Crippen LogP contribution in [0, 0.1) is 12.8 Å². The van der Waals surface area contributed by atoms with Crippen molar-refractivity contribution in [1.82, 2.24) is 0 Å². The summed E-state index contributed by atoms with van der Waals surface area (Å²) in [7, 11) is 0. The first-order chi connectivity index (χ1) is 9.63. The number of ether oxygens (including phenoxy) is 1. The quantitative estimate of drug-likeness (QED) is 0.824. The highest BCUT2D eigenvalue weighted by molar-refractivity contribution is 5.46. The minimum atomic E-state index is 0.553. The van der Waals surface area contributed by atoms with E-state index in [1.54, 1.807) is 0 Å².